The van der Waals surface area contributed by atoms with Crippen LogP contribution in [0.15, 0.2) is 18.2 Å². The second kappa shape index (κ2) is 5.47. The number of halogens is 2. The highest BCUT2D eigenvalue weighted by Crippen LogP contribution is 2.08. The zero-order chi connectivity index (χ0) is 12.1. The van der Waals surface area contributed by atoms with E-state index in [1.54, 1.807) is 0 Å². The number of thiocarbonyl (C=S) groups is 1. The first-order valence-electron chi connectivity index (χ1n) is 4.26. The van der Waals surface area contributed by atoms with Crippen LogP contribution < -0.4 is 16.6 Å². The molecule has 86 valence electrons. The van der Waals surface area contributed by atoms with E-state index in [4.69, 9.17) is 5.84 Å². The molecule has 4 N–H and O–H groups in total. The Balaban J connectivity index is 2.66. The molecule has 0 spiro atoms. The lowest BCUT2D eigenvalue weighted by molar-refractivity contribution is -0.119. The quantitative estimate of drug-likeness (QED) is 0.400. The Kier molecular flexibility index (Phi) is 4.27. The minimum absolute atomic E-state index is 0.0538. The first-order chi connectivity index (χ1) is 7.51. The Hall–Kier alpha value is -1.60. The molecule has 16 heavy (non-hydrogen) atoms. The summed E-state index contributed by atoms with van der Waals surface area (Å²) in [5.74, 6) is 2.96. The topological polar surface area (TPSA) is 67.2 Å². The number of hydrogen-bond acceptors (Lipinski definition) is 3. The van der Waals surface area contributed by atoms with E-state index in [2.05, 4.69) is 23.0 Å². The first kappa shape index (κ1) is 12.5. The zero-order valence-electron chi connectivity index (χ0n) is 8.09. The van der Waals surface area contributed by atoms with Crippen molar-refractivity contribution in [1.82, 2.24) is 10.7 Å². The Bertz CT molecular complexity index is 405. The standard InChI is InChI=1S/C9H9F2N3OS/c10-6-1-5(2-7(11)4-6)3-8(15)13-9(16)14-12/h1-2,4H,3,12H2,(H2,13,14,15,16). The van der Waals surface area contributed by atoms with Gasteiger partial charge in [-0.3, -0.25) is 4.79 Å². The van der Waals surface area contributed by atoms with E-state index in [9.17, 15) is 13.6 Å². The molecule has 0 radical (unpaired) electrons. The van der Waals surface area contributed by atoms with Crippen molar-refractivity contribution in [3.05, 3.63) is 35.4 Å². The maximum Gasteiger partial charge on any atom is 0.230 e. The van der Waals surface area contributed by atoms with Crippen LogP contribution in [0, 0.1) is 11.6 Å². The molecule has 0 heterocycles. The van der Waals surface area contributed by atoms with Gasteiger partial charge in [0.15, 0.2) is 5.11 Å². The van der Waals surface area contributed by atoms with Crippen molar-refractivity contribution in [3.8, 4) is 0 Å². The number of carbonyl (C=O) groups excluding carboxylic acids is 1. The van der Waals surface area contributed by atoms with Gasteiger partial charge in [0.1, 0.15) is 11.6 Å². The second-order valence-corrected chi connectivity index (χ2v) is 3.38. The van der Waals surface area contributed by atoms with E-state index < -0.39 is 17.5 Å². The molecule has 0 unspecified atom stereocenters. The molecule has 1 aromatic rings. The van der Waals surface area contributed by atoms with Crippen LogP contribution in [0.1, 0.15) is 5.56 Å². The molecule has 4 nitrogen and oxygen atoms in total. The summed E-state index contributed by atoms with van der Waals surface area (Å²) in [7, 11) is 0. The van der Waals surface area contributed by atoms with E-state index >= 15 is 0 Å². The molecule has 0 saturated carbocycles. The van der Waals surface area contributed by atoms with Crippen molar-refractivity contribution in [2.24, 2.45) is 5.84 Å². The first-order valence-corrected chi connectivity index (χ1v) is 4.67. The highest BCUT2D eigenvalue weighted by molar-refractivity contribution is 7.80. The monoisotopic (exact) mass is 245 g/mol. The fraction of sp³-hybridized carbons (Fsp3) is 0.111. The van der Waals surface area contributed by atoms with Gasteiger partial charge in [0, 0.05) is 6.07 Å². The Morgan fingerprint density at radius 1 is 1.31 bits per heavy atom. The third-order valence-electron chi connectivity index (χ3n) is 1.67. The summed E-state index contributed by atoms with van der Waals surface area (Å²) < 4.78 is 25.6. The highest BCUT2D eigenvalue weighted by atomic mass is 32.1. The van der Waals surface area contributed by atoms with Gasteiger partial charge in [-0.05, 0) is 29.9 Å². The van der Waals surface area contributed by atoms with Gasteiger partial charge in [0.2, 0.25) is 5.91 Å². The number of nitrogens with one attached hydrogen (secondary N) is 2. The van der Waals surface area contributed by atoms with Crippen molar-refractivity contribution >= 4 is 23.2 Å². The Labute approximate surface area is 95.8 Å². The number of amides is 1. The van der Waals surface area contributed by atoms with E-state index in [-0.39, 0.29) is 17.1 Å². The molecule has 0 fully saturated rings. The highest BCUT2D eigenvalue weighted by Gasteiger charge is 2.07. The molecule has 7 heteroatoms. The van der Waals surface area contributed by atoms with Crippen molar-refractivity contribution in [1.29, 1.82) is 0 Å². The molecule has 0 aromatic heterocycles. The van der Waals surface area contributed by atoms with Gasteiger partial charge < -0.3 is 10.7 Å². The van der Waals surface area contributed by atoms with Gasteiger partial charge in [-0.25, -0.2) is 14.6 Å². The summed E-state index contributed by atoms with van der Waals surface area (Å²) in [4.78, 5) is 11.3. The van der Waals surface area contributed by atoms with Crippen LogP contribution >= 0.6 is 12.2 Å². The summed E-state index contributed by atoms with van der Waals surface area (Å²) in [5.41, 5.74) is 2.27. The summed E-state index contributed by atoms with van der Waals surface area (Å²) in [5, 5.41) is 2.17. The predicted molar refractivity (Wildman–Crippen MR) is 58.1 cm³/mol. The van der Waals surface area contributed by atoms with Crippen LogP contribution in [-0.4, -0.2) is 11.0 Å². The smallest absolute Gasteiger partial charge is 0.230 e. The summed E-state index contributed by atoms with van der Waals surface area (Å²) >= 11 is 4.58. The minimum atomic E-state index is -0.734. The molecule has 0 aliphatic heterocycles. The third kappa shape index (κ3) is 3.87. The number of rotatable bonds is 2. The predicted octanol–water partition coefficient (Wildman–Crippen LogP) is 0.372. The largest absolute Gasteiger partial charge is 0.302 e. The summed E-state index contributed by atoms with van der Waals surface area (Å²) in [6, 6.07) is 2.87. The van der Waals surface area contributed by atoms with E-state index in [0.717, 1.165) is 18.2 Å². The average Bonchev–Trinajstić information content (AvgIpc) is 2.15. The van der Waals surface area contributed by atoms with Gasteiger partial charge in [0.05, 0.1) is 6.42 Å². The van der Waals surface area contributed by atoms with E-state index in [1.165, 1.54) is 0 Å². The molecule has 1 amide bonds. The third-order valence-corrected chi connectivity index (χ3v) is 1.89. The SMILES string of the molecule is NNC(=S)NC(=O)Cc1cc(F)cc(F)c1. The number of benzene rings is 1. The van der Waals surface area contributed by atoms with Crippen molar-refractivity contribution in [3.63, 3.8) is 0 Å². The van der Waals surface area contributed by atoms with Gasteiger partial charge in [-0.1, -0.05) is 0 Å². The van der Waals surface area contributed by atoms with E-state index in [1.807, 2.05) is 0 Å². The Morgan fingerprint density at radius 3 is 2.38 bits per heavy atom. The van der Waals surface area contributed by atoms with Crippen LogP contribution in [0.5, 0.6) is 0 Å². The van der Waals surface area contributed by atoms with Crippen LogP contribution in [0.2, 0.25) is 0 Å². The minimum Gasteiger partial charge on any atom is -0.302 e. The molecule has 0 aliphatic rings. The van der Waals surface area contributed by atoms with Crippen LogP contribution in [0.3, 0.4) is 0 Å². The molecule has 0 atom stereocenters. The molecule has 0 aliphatic carbocycles. The van der Waals surface area contributed by atoms with E-state index in [0.29, 0.717) is 0 Å². The number of nitrogens with two attached hydrogens (primary N) is 1. The molecular formula is C9H9F2N3OS. The van der Waals surface area contributed by atoms with Crippen LogP contribution in [-0.2, 0) is 11.2 Å². The van der Waals surface area contributed by atoms with Gasteiger partial charge >= 0.3 is 0 Å². The van der Waals surface area contributed by atoms with Crippen molar-refractivity contribution in [2.75, 3.05) is 0 Å². The van der Waals surface area contributed by atoms with Gasteiger partial charge in [0.25, 0.3) is 0 Å². The Morgan fingerprint density at radius 2 is 1.88 bits per heavy atom. The normalized spacial score (nSPS) is 9.69. The number of hydrazine groups is 1. The fourth-order valence-electron chi connectivity index (χ4n) is 1.11. The van der Waals surface area contributed by atoms with Gasteiger partial charge in [-0.15, -0.1) is 0 Å². The maximum atomic E-state index is 12.8. The summed E-state index contributed by atoms with van der Waals surface area (Å²) in [6.07, 6.45) is -0.184. The van der Waals surface area contributed by atoms with Gasteiger partial charge in [-0.2, -0.15) is 0 Å². The van der Waals surface area contributed by atoms with Crippen LogP contribution in [0.25, 0.3) is 0 Å². The average molecular weight is 245 g/mol. The molecule has 1 rings (SSSR count). The van der Waals surface area contributed by atoms with Crippen molar-refractivity contribution < 1.29 is 13.6 Å². The molecular weight excluding hydrogens is 236 g/mol. The lowest BCUT2D eigenvalue weighted by Gasteiger charge is -2.05. The molecule has 1 aromatic carbocycles. The number of hydrogen-bond donors (Lipinski definition) is 3. The lowest BCUT2D eigenvalue weighted by atomic mass is 10.1. The molecule has 0 bridgehead atoms. The lowest BCUT2D eigenvalue weighted by Crippen LogP contribution is -2.43. The number of carbonyl (C=O) groups is 1. The maximum absolute atomic E-state index is 12.8. The van der Waals surface area contributed by atoms with Crippen LogP contribution in [0.4, 0.5) is 8.78 Å². The van der Waals surface area contributed by atoms with Crippen molar-refractivity contribution in [2.45, 2.75) is 6.42 Å². The fourth-order valence-corrected chi connectivity index (χ4v) is 1.22. The summed E-state index contributed by atoms with van der Waals surface area (Å²) in [6.45, 7) is 0. The second-order valence-electron chi connectivity index (χ2n) is 2.98. The zero-order valence-corrected chi connectivity index (χ0v) is 8.91. The molecule has 0 saturated heterocycles.